The van der Waals surface area contributed by atoms with Crippen LogP contribution in [0.2, 0.25) is 10.0 Å². The molecule has 6 heteroatoms. The van der Waals surface area contributed by atoms with Gasteiger partial charge in [0.15, 0.2) is 11.5 Å². The van der Waals surface area contributed by atoms with Crippen LogP contribution in [0.5, 0.6) is 0 Å². The number of hydrogen-bond acceptors (Lipinski definition) is 4. The van der Waals surface area contributed by atoms with E-state index in [0.29, 0.717) is 28.1 Å². The van der Waals surface area contributed by atoms with Crippen molar-refractivity contribution in [3.05, 3.63) is 51.4 Å². The number of nitriles is 1. The highest BCUT2D eigenvalue weighted by Gasteiger charge is 2.22. The molecular weight excluding hydrogens is 295 g/mol. The smallest absolute Gasteiger partial charge is 0.183 e. The molecule has 1 aliphatic heterocycles. The molecule has 0 atom stereocenters. The van der Waals surface area contributed by atoms with Crippen LogP contribution in [-0.4, -0.2) is 16.5 Å². The van der Waals surface area contributed by atoms with E-state index in [2.05, 4.69) is 16.0 Å². The number of benzene rings is 1. The Morgan fingerprint density at radius 1 is 1.20 bits per heavy atom. The zero-order chi connectivity index (χ0) is 14.1. The van der Waals surface area contributed by atoms with E-state index in [4.69, 9.17) is 28.5 Å². The van der Waals surface area contributed by atoms with Gasteiger partial charge >= 0.3 is 0 Å². The molecule has 0 saturated carbocycles. The van der Waals surface area contributed by atoms with E-state index in [0.717, 1.165) is 24.1 Å². The summed E-state index contributed by atoms with van der Waals surface area (Å²) in [5.74, 6) is 0.608. The van der Waals surface area contributed by atoms with Gasteiger partial charge in [0, 0.05) is 35.5 Å². The molecule has 0 fully saturated rings. The standard InChI is InChI=1S/C14H10Cl2N4/c15-10-5-9-8-20(4-1-11(9)12(16)6-10)14-13(7-17)18-2-3-19-14/h2-3,5-6H,1,4,8H2. The van der Waals surface area contributed by atoms with Crippen molar-refractivity contribution in [2.45, 2.75) is 13.0 Å². The third-order valence-corrected chi connectivity index (χ3v) is 3.89. The first-order valence-electron chi connectivity index (χ1n) is 6.12. The third-order valence-electron chi connectivity index (χ3n) is 3.33. The first-order chi connectivity index (χ1) is 9.69. The molecule has 1 aliphatic rings. The van der Waals surface area contributed by atoms with Gasteiger partial charge in [0.2, 0.25) is 0 Å². The van der Waals surface area contributed by atoms with Gasteiger partial charge in [-0.25, -0.2) is 9.97 Å². The molecule has 0 radical (unpaired) electrons. The fourth-order valence-corrected chi connectivity index (χ4v) is 3.06. The molecule has 20 heavy (non-hydrogen) atoms. The van der Waals surface area contributed by atoms with Crippen LogP contribution in [0.1, 0.15) is 16.8 Å². The van der Waals surface area contributed by atoms with Gasteiger partial charge in [-0.2, -0.15) is 5.26 Å². The topological polar surface area (TPSA) is 52.8 Å². The van der Waals surface area contributed by atoms with Gasteiger partial charge in [-0.05, 0) is 29.7 Å². The zero-order valence-electron chi connectivity index (χ0n) is 10.5. The van der Waals surface area contributed by atoms with Crippen molar-refractivity contribution in [2.75, 3.05) is 11.4 Å². The summed E-state index contributed by atoms with van der Waals surface area (Å²) in [4.78, 5) is 10.3. The maximum atomic E-state index is 9.11. The molecule has 3 rings (SSSR count). The summed E-state index contributed by atoms with van der Waals surface area (Å²) in [6, 6.07) is 5.75. The Kier molecular flexibility index (Phi) is 3.47. The summed E-state index contributed by atoms with van der Waals surface area (Å²) in [7, 11) is 0. The van der Waals surface area contributed by atoms with Gasteiger partial charge in [-0.1, -0.05) is 23.2 Å². The Morgan fingerprint density at radius 2 is 2.00 bits per heavy atom. The van der Waals surface area contributed by atoms with Gasteiger partial charge in [0.1, 0.15) is 6.07 Å². The van der Waals surface area contributed by atoms with E-state index in [1.165, 1.54) is 6.20 Å². The van der Waals surface area contributed by atoms with Crippen LogP contribution < -0.4 is 4.90 Å². The van der Waals surface area contributed by atoms with Crippen LogP contribution in [0, 0.1) is 11.3 Å². The summed E-state index contributed by atoms with van der Waals surface area (Å²) in [5.41, 5.74) is 2.53. The van der Waals surface area contributed by atoms with Gasteiger partial charge in [0.25, 0.3) is 0 Å². The van der Waals surface area contributed by atoms with Crippen molar-refractivity contribution >= 4 is 29.0 Å². The Bertz CT molecular complexity index is 709. The van der Waals surface area contributed by atoms with Crippen molar-refractivity contribution in [2.24, 2.45) is 0 Å². The minimum atomic E-state index is 0.337. The summed E-state index contributed by atoms with van der Waals surface area (Å²) >= 11 is 12.3. The quantitative estimate of drug-likeness (QED) is 0.812. The molecule has 0 N–H and O–H groups in total. The Balaban J connectivity index is 1.99. The third kappa shape index (κ3) is 2.31. The average Bonchev–Trinajstić information content (AvgIpc) is 2.46. The van der Waals surface area contributed by atoms with E-state index in [1.54, 1.807) is 12.3 Å². The molecule has 0 bridgehead atoms. The van der Waals surface area contributed by atoms with Gasteiger partial charge in [0.05, 0.1) is 0 Å². The van der Waals surface area contributed by atoms with E-state index >= 15 is 0 Å². The van der Waals surface area contributed by atoms with Crippen LogP contribution in [0.3, 0.4) is 0 Å². The van der Waals surface area contributed by atoms with Crippen LogP contribution in [0.25, 0.3) is 0 Å². The molecule has 0 unspecified atom stereocenters. The molecule has 1 aromatic heterocycles. The molecular formula is C14H10Cl2N4. The molecule has 0 spiro atoms. The van der Waals surface area contributed by atoms with Crippen molar-refractivity contribution in [3.8, 4) is 6.07 Å². The first kappa shape index (κ1) is 13.2. The van der Waals surface area contributed by atoms with Crippen molar-refractivity contribution < 1.29 is 0 Å². The Morgan fingerprint density at radius 3 is 2.80 bits per heavy atom. The maximum Gasteiger partial charge on any atom is 0.183 e. The molecule has 100 valence electrons. The fourth-order valence-electron chi connectivity index (χ4n) is 2.43. The molecule has 0 amide bonds. The average molecular weight is 305 g/mol. The SMILES string of the molecule is N#Cc1nccnc1N1CCc2c(Cl)cc(Cl)cc2C1. The van der Waals surface area contributed by atoms with Crippen LogP contribution in [-0.2, 0) is 13.0 Å². The lowest BCUT2D eigenvalue weighted by Crippen LogP contribution is -2.32. The summed E-state index contributed by atoms with van der Waals surface area (Å²) in [6.45, 7) is 1.38. The molecule has 4 nitrogen and oxygen atoms in total. The van der Waals surface area contributed by atoms with Gasteiger partial charge in [-0.3, -0.25) is 0 Å². The predicted molar refractivity (Wildman–Crippen MR) is 78.0 cm³/mol. The highest BCUT2D eigenvalue weighted by Crippen LogP contribution is 2.31. The highest BCUT2D eigenvalue weighted by atomic mass is 35.5. The van der Waals surface area contributed by atoms with Crippen molar-refractivity contribution in [3.63, 3.8) is 0 Å². The van der Waals surface area contributed by atoms with E-state index in [9.17, 15) is 0 Å². The second kappa shape index (κ2) is 5.28. The number of nitrogens with zero attached hydrogens (tertiary/aromatic N) is 4. The lowest BCUT2D eigenvalue weighted by molar-refractivity contribution is 0.717. The van der Waals surface area contributed by atoms with Gasteiger partial charge < -0.3 is 4.90 Å². The van der Waals surface area contributed by atoms with Crippen molar-refractivity contribution in [1.29, 1.82) is 5.26 Å². The molecule has 1 aromatic carbocycles. The molecule has 0 saturated heterocycles. The van der Waals surface area contributed by atoms with Crippen LogP contribution in [0.15, 0.2) is 24.5 Å². The normalized spacial score (nSPS) is 13.8. The zero-order valence-corrected chi connectivity index (χ0v) is 12.0. The van der Waals surface area contributed by atoms with Crippen LogP contribution in [0.4, 0.5) is 5.82 Å². The van der Waals surface area contributed by atoms with Crippen LogP contribution >= 0.6 is 23.2 Å². The van der Waals surface area contributed by atoms with E-state index in [-0.39, 0.29) is 0 Å². The second-order valence-corrected chi connectivity index (χ2v) is 5.38. The molecule has 0 aliphatic carbocycles. The number of aromatic nitrogens is 2. The second-order valence-electron chi connectivity index (χ2n) is 4.54. The highest BCUT2D eigenvalue weighted by molar-refractivity contribution is 6.35. The summed E-state index contributed by atoms with van der Waals surface area (Å²) < 4.78 is 0. The Hall–Kier alpha value is -1.83. The number of anilines is 1. The Labute approximate surface area is 126 Å². The predicted octanol–water partition coefficient (Wildman–Crippen LogP) is 3.22. The fraction of sp³-hybridized carbons (Fsp3) is 0.214. The monoisotopic (exact) mass is 304 g/mol. The van der Waals surface area contributed by atoms with E-state index < -0.39 is 0 Å². The molecule has 2 aromatic rings. The number of rotatable bonds is 1. The lowest BCUT2D eigenvalue weighted by Gasteiger charge is -2.30. The lowest BCUT2D eigenvalue weighted by atomic mass is 9.99. The summed E-state index contributed by atoms with van der Waals surface area (Å²) in [5, 5.41) is 10.4. The summed E-state index contributed by atoms with van der Waals surface area (Å²) in [6.07, 6.45) is 3.91. The minimum Gasteiger partial charge on any atom is -0.350 e. The number of fused-ring (bicyclic) bond motifs is 1. The molecule has 2 heterocycles. The number of hydrogen-bond donors (Lipinski definition) is 0. The first-order valence-corrected chi connectivity index (χ1v) is 6.87. The number of halogens is 2. The van der Waals surface area contributed by atoms with E-state index in [1.807, 2.05) is 11.0 Å². The van der Waals surface area contributed by atoms with Crippen molar-refractivity contribution in [1.82, 2.24) is 9.97 Å². The van der Waals surface area contributed by atoms with Gasteiger partial charge in [-0.15, -0.1) is 0 Å². The maximum absolute atomic E-state index is 9.11. The largest absolute Gasteiger partial charge is 0.350 e. The minimum absolute atomic E-state index is 0.337.